The van der Waals surface area contributed by atoms with Crippen molar-refractivity contribution in [3.05, 3.63) is 29.8 Å². The molecule has 3 heteroatoms. The number of rotatable bonds is 4. The van der Waals surface area contributed by atoms with Crippen molar-refractivity contribution in [3.8, 4) is 0 Å². The molecule has 1 aromatic carbocycles. The fraction of sp³-hybridized carbons (Fsp3) is 0.462. The van der Waals surface area contributed by atoms with Gasteiger partial charge in [0.2, 0.25) is 0 Å². The van der Waals surface area contributed by atoms with Crippen LogP contribution < -0.4 is 10.2 Å². The van der Waals surface area contributed by atoms with Gasteiger partial charge in [0.15, 0.2) is 0 Å². The summed E-state index contributed by atoms with van der Waals surface area (Å²) in [6, 6.07) is 7.83. The minimum absolute atomic E-state index is 0.000318. The van der Waals surface area contributed by atoms with Crippen LogP contribution in [0.1, 0.15) is 30.6 Å². The zero-order valence-electron chi connectivity index (χ0n) is 10.4. The van der Waals surface area contributed by atoms with Gasteiger partial charge < -0.3 is 10.2 Å². The molecule has 0 saturated carbocycles. The van der Waals surface area contributed by atoms with Crippen molar-refractivity contribution in [2.24, 2.45) is 0 Å². The Bertz CT molecular complexity index is 343. The molecule has 0 fully saturated rings. The van der Waals surface area contributed by atoms with Gasteiger partial charge >= 0.3 is 0 Å². The molecular formula is C13H20N2O. The second-order valence-corrected chi connectivity index (χ2v) is 4.22. The predicted octanol–water partition coefficient (Wildman–Crippen LogP) is 2.28. The van der Waals surface area contributed by atoms with Crippen molar-refractivity contribution in [3.63, 3.8) is 0 Å². The van der Waals surface area contributed by atoms with Gasteiger partial charge in [-0.1, -0.05) is 6.92 Å². The molecule has 0 aromatic heterocycles. The highest BCUT2D eigenvalue weighted by molar-refractivity contribution is 5.94. The first-order valence-corrected chi connectivity index (χ1v) is 5.62. The molecule has 3 nitrogen and oxygen atoms in total. The van der Waals surface area contributed by atoms with E-state index in [1.807, 2.05) is 50.2 Å². The highest BCUT2D eigenvalue weighted by atomic mass is 16.1. The molecule has 0 aliphatic heterocycles. The molecule has 0 aliphatic rings. The van der Waals surface area contributed by atoms with E-state index in [1.54, 1.807) is 0 Å². The van der Waals surface area contributed by atoms with Crippen LogP contribution >= 0.6 is 0 Å². The molecule has 1 amide bonds. The number of hydrogen-bond donors (Lipinski definition) is 1. The highest BCUT2D eigenvalue weighted by Gasteiger charge is 2.08. The average Bonchev–Trinajstić information content (AvgIpc) is 2.28. The molecule has 1 unspecified atom stereocenters. The van der Waals surface area contributed by atoms with E-state index in [-0.39, 0.29) is 11.9 Å². The van der Waals surface area contributed by atoms with E-state index in [2.05, 4.69) is 12.2 Å². The van der Waals surface area contributed by atoms with Crippen LogP contribution in [0, 0.1) is 0 Å². The molecule has 1 atom stereocenters. The summed E-state index contributed by atoms with van der Waals surface area (Å²) in [5.41, 5.74) is 1.81. The monoisotopic (exact) mass is 220 g/mol. The van der Waals surface area contributed by atoms with E-state index in [0.717, 1.165) is 12.1 Å². The molecule has 0 radical (unpaired) electrons. The molecule has 0 aliphatic carbocycles. The Kier molecular flexibility index (Phi) is 4.35. The SMILES string of the molecule is CCC(C)NC(=O)c1ccc(N(C)C)cc1. The molecule has 0 heterocycles. The molecule has 1 rings (SSSR count). The zero-order valence-corrected chi connectivity index (χ0v) is 10.4. The summed E-state index contributed by atoms with van der Waals surface area (Å²) in [6.07, 6.45) is 0.946. The number of carbonyl (C=O) groups excluding carboxylic acids is 1. The number of benzene rings is 1. The topological polar surface area (TPSA) is 32.3 Å². The van der Waals surface area contributed by atoms with E-state index in [1.165, 1.54) is 0 Å². The molecule has 0 bridgehead atoms. The van der Waals surface area contributed by atoms with Gasteiger partial charge in [-0.15, -0.1) is 0 Å². The van der Waals surface area contributed by atoms with Gasteiger partial charge in [0.05, 0.1) is 0 Å². The van der Waals surface area contributed by atoms with Crippen molar-refractivity contribution in [1.29, 1.82) is 0 Å². The summed E-state index contributed by atoms with van der Waals surface area (Å²) in [7, 11) is 3.96. The van der Waals surface area contributed by atoms with Gasteiger partial charge in [-0.2, -0.15) is 0 Å². The third-order valence-corrected chi connectivity index (χ3v) is 2.64. The number of hydrogen-bond acceptors (Lipinski definition) is 2. The second-order valence-electron chi connectivity index (χ2n) is 4.22. The van der Waals surface area contributed by atoms with Crippen molar-refractivity contribution in [2.75, 3.05) is 19.0 Å². The first kappa shape index (κ1) is 12.6. The third kappa shape index (κ3) is 3.26. The first-order chi connectivity index (χ1) is 7.54. The lowest BCUT2D eigenvalue weighted by Crippen LogP contribution is -2.31. The lowest BCUT2D eigenvalue weighted by Gasteiger charge is -2.14. The maximum absolute atomic E-state index is 11.8. The van der Waals surface area contributed by atoms with Crippen molar-refractivity contribution in [1.82, 2.24) is 5.32 Å². The van der Waals surface area contributed by atoms with Gasteiger partial charge in [0.25, 0.3) is 5.91 Å². The number of anilines is 1. The van der Waals surface area contributed by atoms with Crippen LogP contribution in [-0.2, 0) is 0 Å². The fourth-order valence-corrected chi connectivity index (χ4v) is 1.32. The van der Waals surface area contributed by atoms with Crippen LogP contribution in [-0.4, -0.2) is 26.0 Å². The smallest absolute Gasteiger partial charge is 0.251 e. The van der Waals surface area contributed by atoms with E-state index < -0.39 is 0 Å². The van der Waals surface area contributed by atoms with Crippen molar-refractivity contribution in [2.45, 2.75) is 26.3 Å². The minimum atomic E-state index is -0.000318. The summed E-state index contributed by atoms with van der Waals surface area (Å²) in [4.78, 5) is 13.8. The molecule has 0 spiro atoms. The number of carbonyl (C=O) groups is 1. The number of nitrogens with one attached hydrogen (secondary N) is 1. The van der Waals surface area contributed by atoms with Gasteiger partial charge in [-0.05, 0) is 37.6 Å². The number of nitrogens with zero attached hydrogens (tertiary/aromatic N) is 1. The summed E-state index contributed by atoms with van der Waals surface area (Å²) in [5, 5.41) is 2.94. The standard InChI is InChI=1S/C13H20N2O/c1-5-10(2)14-13(16)11-6-8-12(9-7-11)15(3)4/h6-10H,5H2,1-4H3,(H,14,16). The Hall–Kier alpha value is -1.51. The second kappa shape index (κ2) is 5.54. The van der Waals surface area contributed by atoms with Crippen LogP contribution in [0.4, 0.5) is 5.69 Å². The van der Waals surface area contributed by atoms with Gasteiger partial charge in [-0.25, -0.2) is 0 Å². The fourth-order valence-electron chi connectivity index (χ4n) is 1.32. The molecule has 0 saturated heterocycles. The van der Waals surface area contributed by atoms with Crippen LogP contribution in [0.2, 0.25) is 0 Å². The molecule has 1 N–H and O–H groups in total. The van der Waals surface area contributed by atoms with Crippen LogP contribution in [0.25, 0.3) is 0 Å². The zero-order chi connectivity index (χ0) is 12.1. The third-order valence-electron chi connectivity index (χ3n) is 2.64. The largest absolute Gasteiger partial charge is 0.378 e. The lowest BCUT2D eigenvalue weighted by atomic mass is 10.1. The van der Waals surface area contributed by atoms with Crippen LogP contribution in [0.15, 0.2) is 24.3 Å². The van der Waals surface area contributed by atoms with E-state index in [0.29, 0.717) is 5.56 Å². The predicted molar refractivity (Wildman–Crippen MR) is 68.0 cm³/mol. The van der Waals surface area contributed by atoms with Gasteiger partial charge in [0.1, 0.15) is 0 Å². The minimum Gasteiger partial charge on any atom is -0.378 e. The Morgan fingerprint density at radius 3 is 2.31 bits per heavy atom. The first-order valence-electron chi connectivity index (χ1n) is 5.62. The average molecular weight is 220 g/mol. The Morgan fingerprint density at radius 2 is 1.88 bits per heavy atom. The van der Waals surface area contributed by atoms with Crippen LogP contribution in [0.3, 0.4) is 0 Å². The molecular weight excluding hydrogens is 200 g/mol. The van der Waals surface area contributed by atoms with Crippen molar-refractivity contribution >= 4 is 11.6 Å². The summed E-state index contributed by atoms with van der Waals surface area (Å²) >= 11 is 0. The van der Waals surface area contributed by atoms with Gasteiger partial charge in [0, 0.05) is 31.4 Å². The van der Waals surface area contributed by atoms with E-state index >= 15 is 0 Å². The summed E-state index contributed by atoms with van der Waals surface area (Å²) in [5.74, 6) is -0.000318. The van der Waals surface area contributed by atoms with Crippen molar-refractivity contribution < 1.29 is 4.79 Å². The molecule has 16 heavy (non-hydrogen) atoms. The van der Waals surface area contributed by atoms with Crippen LogP contribution in [0.5, 0.6) is 0 Å². The maximum atomic E-state index is 11.8. The Balaban J connectivity index is 2.70. The normalized spacial score (nSPS) is 12.0. The summed E-state index contributed by atoms with van der Waals surface area (Å²) in [6.45, 7) is 4.06. The van der Waals surface area contributed by atoms with Gasteiger partial charge in [-0.3, -0.25) is 4.79 Å². The quantitative estimate of drug-likeness (QED) is 0.844. The van der Waals surface area contributed by atoms with E-state index in [4.69, 9.17) is 0 Å². The molecule has 1 aromatic rings. The summed E-state index contributed by atoms with van der Waals surface area (Å²) < 4.78 is 0. The number of amides is 1. The Morgan fingerprint density at radius 1 is 1.31 bits per heavy atom. The maximum Gasteiger partial charge on any atom is 0.251 e. The highest BCUT2D eigenvalue weighted by Crippen LogP contribution is 2.12. The Labute approximate surface area is 97.5 Å². The van der Waals surface area contributed by atoms with E-state index in [9.17, 15) is 4.79 Å². The lowest BCUT2D eigenvalue weighted by molar-refractivity contribution is 0.0939. The molecule has 88 valence electrons.